The molecule has 3 heterocycles. The number of β-amino-alcohol motifs (C(OH)–C–C–N with tert-alkyl or cyclic N) is 1. The number of rotatable bonds is 3. The fourth-order valence-corrected chi connectivity index (χ4v) is 6.38. The van der Waals surface area contributed by atoms with Gasteiger partial charge in [-0.05, 0) is 25.7 Å². The summed E-state index contributed by atoms with van der Waals surface area (Å²) in [6, 6.07) is -0.643. The first-order chi connectivity index (χ1) is 12.0. The Labute approximate surface area is 146 Å². The van der Waals surface area contributed by atoms with Gasteiger partial charge in [-0.2, -0.15) is 0 Å². The molecule has 2 fully saturated rings. The molecule has 138 valence electrons. The standard InChI is InChI=1S/C16H23N3O5S/c20-8-7-18-5-6-19(14-10-25(22,23)9-13(14)18)16(21)15-11-3-1-2-4-12(11)17-24-15/h13-14,20H,1-10H2. The van der Waals surface area contributed by atoms with Crippen molar-refractivity contribution in [2.24, 2.45) is 0 Å². The minimum absolute atomic E-state index is 0.0210. The molecule has 2 saturated heterocycles. The van der Waals surface area contributed by atoms with E-state index in [-0.39, 0.29) is 41.9 Å². The topological polar surface area (TPSA) is 104 Å². The van der Waals surface area contributed by atoms with E-state index in [4.69, 9.17) is 4.52 Å². The molecule has 1 amide bonds. The largest absolute Gasteiger partial charge is 0.395 e. The fraction of sp³-hybridized carbons (Fsp3) is 0.750. The van der Waals surface area contributed by atoms with E-state index in [1.807, 2.05) is 4.90 Å². The van der Waals surface area contributed by atoms with Crippen molar-refractivity contribution in [2.45, 2.75) is 37.8 Å². The van der Waals surface area contributed by atoms with E-state index >= 15 is 0 Å². The van der Waals surface area contributed by atoms with Crippen LogP contribution < -0.4 is 0 Å². The zero-order valence-corrected chi connectivity index (χ0v) is 14.9. The monoisotopic (exact) mass is 369 g/mol. The molecule has 2 unspecified atom stereocenters. The summed E-state index contributed by atoms with van der Waals surface area (Å²) in [7, 11) is -3.20. The summed E-state index contributed by atoms with van der Waals surface area (Å²) in [5.41, 5.74) is 1.76. The second kappa shape index (κ2) is 6.37. The second-order valence-corrected chi connectivity index (χ2v) is 9.27. The molecule has 0 spiro atoms. The van der Waals surface area contributed by atoms with Gasteiger partial charge in [0, 0.05) is 31.2 Å². The quantitative estimate of drug-likeness (QED) is 0.764. The minimum atomic E-state index is -3.20. The summed E-state index contributed by atoms with van der Waals surface area (Å²) in [6.45, 7) is 1.40. The van der Waals surface area contributed by atoms with Gasteiger partial charge in [-0.1, -0.05) is 5.16 Å². The Kier molecular flexibility index (Phi) is 4.33. The van der Waals surface area contributed by atoms with Gasteiger partial charge >= 0.3 is 0 Å². The number of hydrogen-bond donors (Lipinski definition) is 1. The number of aryl methyl sites for hydroxylation is 1. The average Bonchev–Trinajstić information content (AvgIpc) is 3.15. The second-order valence-electron chi connectivity index (χ2n) is 7.11. The number of piperazine rings is 1. The number of amides is 1. The van der Waals surface area contributed by atoms with Crippen molar-refractivity contribution in [2.75, 3.05) is 37.7 Å². The summed E-state index contributed by atoms with van der Waals surface area (Å²) in [5, 5.41) is 13.3. The summed E-state index contributed by atoms with van der Waals surface area (Å²) in [5.74, 6) is 0.0530. The molecule has 1 aromatic rings. The number of carbonyl (C=O) groups is 1. The third-order valence-corrected chi connectivity index (χ3v) is 7.29. The predicted molar refractivity (Wildman–Crippen MR) is 89.1 cm³/mol. The van der Waals surface area contributed by atoms with Crippen molar-refractivity contribution in [3.05, 3.63) is 17.0 Å². The first kappa shape index (κ1) is 17.0. The molecule has 1 N–H and O–H groups in total. The van der Waals surface area contributed by atoms with Crippen molar-refractivity contribution in [3.63, 3.8) is 0 Å². The molecule has 0 bridgehead atoms. The van der Waals surface area contributed by atoms with Crippen LogP contribution in [0.3, 0.4) is 0 Å². The lowest BCUT2D eigenvalue weighted by Crippen LogP contribution is -2.61. The highest BCUT2D eigenvalue weighted by Gasteiger charge is 2.48. The van der Waals surface area contributed by atoms with Crippen LogP contribution in [0.2, 0.25) is 0 Å². The Morgan fingerprint density at radius 1 is 1.20 bits per heavy atom. The van der Waals surface area contributed by atoms with Gasteiger partial charge in [0.25, 0.3) is 5.91 Å². The Bertz CT molecular complexity index is 775. The maximum absolute atomic E-state index is 13.1. The van der Waals surface area contributed by atoms with Gasteiger partial charge in [-0.3, -0.25) is 9.69 Å². The molecule has 4 rings (SSSR count). The third kappa shape index (κ3) is 2.98. The Hall–Kier alpha value is -1.45. The van der Waals surface area contributed by atoms with Crippen molar-refractivity contribution < 1.29 is 22.8 Å². The molecular weight excluding hydrogens is 346 g/mol. The molecule has 8 nitrogen and oxygen atoms in total. The number of aliphatic hydroxyl groups is 1. The summed E-state index contributed by atoms with van der Waals surface area (Å²) < 4.78 is 29.7. The molecule has 0 aromatic carbocycles. The van der Waals surface area contributed by atoms with Crippen LogP contribution in [-0.4, -0.2) is 84.2 Å². The van der Waals surface area contributed by atoms with Gasteiger partial charge in [0.2, 0.25) is 5.76 Å². The van der Waals surface area contributed by atoms with E-state index in [0.717, 1.165) is 36.9 Å². The van der Waals surface area contributed by atoms with Crippen molar-refractivity contribution in [1.82, 2.24) is 15.0 Å². The molecule has 2 aliphatic heterocycles. The normalized spacial score (nSPS) is 28.6. The van der Waals surface area contributed by atoms with Crippen LogP contribution in [0.4, 0.5) is 0 Å². The van der Waals surface area contributed by atoms with Crippen LogP contribution in [-0.2, 0) is 22.7 Å². The first-order valence-electron chi connectivity index (χ1n) is 8.84. The van der Waals surface area contributed by atoms with Gasteiger partial charge in [0.05, 0.1) is 29.8 Å². The zero-order chi connectivity index (χ0) is 17.6. The van der Waals surface area contributed by atoms with Crippen LogP contribution in [0.1, 0.15) is 34.7 Å². The predicted octanol–water partition coefficient (Wildman–Crippen LogP) is -0.531. The van der Waals surface area contributed by atoms with Gasteiger partial charge in [0.15, 0.2) is 9.84 Å². The van der Waals surface area contributed by atoms with E-state index in [2.05, 4.69) is 5.16 Å². The third-order valence-electron chi connectivity index (χ3n) is 5.59. The van der Waals surface area contributed by atoms with Crippen LogP contribution in [0.5, 0.6) is 0 Å². The van der Waals surface area contributed by atoms with E-state index in [0.29, 0.717) is 19.6 Å². The summed E-state index contributed by atoms with van der Waals surface area (Å²) in [4.78, 5) is 16.7. The molecule has 0 radical (unpaired) electrons. The number of carbonyl (C=O) groups excluding carboxylic acids is 1. The molecule has 0 saturated carbocycles. The molecule has 9 heteroatoms. The summed E-state index contributed by atoms with van der Waals surface area (Å²) in [6.07, 6.45) is 3.68. The van der Waals surface area contributed by atoms with Crippen molar-refractivity contribution in [1.29, 1.82) is 0 Å². The highest BCUT2D eigenvalue weighted by molar-refractivity contribution is 7.91. The number of hydrogen-bond acceptors (Lipinski definition) is 7. The Morgan fingerprint density at radius 3 is 2.76 bits per heavy atom. The molecule has 2 atom stereocenters. The lowest BCUT2D eigenvalue weighted by molar-refractivity contribution is 0.0252. The van der Waals surface area contributed by atoms with Crippen LogP contribution in [0, 0.1) is 0 Å². The minimum Gasteiger partial charge on any atom is -0.395 e. The molecule has 1 aliphatic carbocycles. The number of aromatic nitrogens is 1. The highest BCUT2D eigenvalue weighted by atomic mass is 32.2. The van der Waals surface area contributed by atoms with Crippen LogP contribution in [0.15, 0.2) is 4.52 Å². The van der Waals surface area contributed by atoms with Crippen LogP contribution >= 0.6 is 0 Å². The number of nitrogens with zero attached hydrogens (tertiary/aromatic N) is 3. The smallest absolute Gasteiger partial charge is 0.293 e. The molecular formula is C16H23N3O5S. The summed E-state index contributed by atoms with van der Waals surface area (Å²) >= 11 is 0. The van der Waals surface area contributed by atoms with Gasteiger partial charge in [-0.15, -0.1) is 0 Å². The van der Waals surface area contributed by atoms with E-state index < -0.39 is 9.84 Å². The molecule has 3 aliphatic rings. The van der Waals surface area contributed by atoms with Gasteiger partial charge in [0.1, 0.15) is 0 Å². The lowest BCUT2D eigenvalue weighted by atomic mass is 9.95. The zero-order valence-electron chi connectivity index (χ0n) is 14.1. The Balaban J connectivity index is 1.62. The Morgan fingerprint density at radius 2 is 1.96 bits per heavy atom. The van der Waals surface area contributed by atoms with E-state index in [1.54, 1.807) is 4.90 Å². The number of aliphatic hydroxyl groups excluding tert-OH is 1. The van der Waals surface area contributed by atoms with Crippen LogP contribution in [0.25, 0.3) is 0 Å². The molecule has 1 aromatic heterocycles. The lowest BCUT2D eigenvalue weighted by Gasteiger charge is -2.43. The van der Waals surface area contributed by atoms with Crippen molar-refractivity contribution in [3.8, 4) is 0 Å². The number of fused-ring (bicyclic) bond motifs is 2. The highest BCUT2D eigenvalue weighted by Crippen LogP contribution is 2.30. The maximum Gasteiger partial charge on any atom is 0.293 e. The SMILES string of the molecule is O=C(c1onc2c1CCCC2)N1CCN(CCO)C2CS(=O)(=O)CC21. The van der Waals surface area contributed by atoms with Gasteiger partial charge < -0.3 is 14.5 Å². The average molecular weight is 369 g/mol. The maximum atomic E-state index is 13.1. The van der Waals surface area contributed by atoms with E-state index in [1.165, 1.54) is 0 Å². The van der Waals surface area contributed by atoms with Crippen molar-refractivity contribution >= 4 is 15.7 Å². The first-order valence-corrected chi connectivity index (χ1v) is 10.7. The van der Waals surface area contributed by atoms with Gasteiger partial charge in [-0.25, -0.2) is 8.42 Å². The molecule has 25 heavy (non-hydrogen) atoms. The fourth-order valence-electron chi connectivity index (χ4n) is 4.37. The number of sulfone groups is 1. The van der Waals surface area contributed by atoms with E-state index in [9.17, 15) is 18.3 Å².